The highest BCUT2D eigenvalue weighted by Crippen LogP contribution is 2.45. The fourth-order valence-electron chi connectivity index (χ4n) is 4.21. The minimum Gasteiger partial charge on any atom is -0.383 e. The van der Waals surface area contributed by atoms with Gasteiger partial charge in [0, 0.05) is 21.7 Å². The average Bonchev–Trinajstić information content (AvgIpc) is 3.52. The Kier molecular flexibility index (Phi) is 5.99. The Balaban J connectivity index is 1.43. The van der Waals surface area contributed by atoms with Gasteiger partial charge in [0.15, 0.2) is 5.16 Å². The summed E-state index contributed by atoms with van der Waals surface area (Å²) in [5.74, 6) is 0.884. The molecule has 4 heterocycles. The van der Waals surface area contributed by atoms with Gasteiger partial charge in [0.2, 0.25) is 0 Å². The second kappa shape index (κ2) is 9.05. The molecule has 2 aliphatic rings. The van der Waals surface area contributed by atoms with Gasteiger partial charge in [-0.25, -0.2) is 15.0 Å². The zero-order chi connectivity index (χ0) is 22.1. The van der Waals surface area contributed by atoms with E-state index in [0.29, 0.717) is 16.8 Å². The number of aromatic nitrogens is 2. The van der Waals surface area contributed by atoms with Gasteiger partial charge in [-0.3, -0.25) is 4.79 Å². The highest BCUT2D eigenvalue weighted by Gasteiger charge is 2.44. The summed E-state index contributed by atoms with van der Waals surface area (Å²) in [6, 6.07) is 9.73. The molecule has 164 valence electrons. The third-order valence-electron chi connectivity index (χ3n) is 5.52. The molecule has 7 nitrogen and oxygen atoms in total. The number of carbonyl (C=O) groups excluding carboxylic acids is 1. The van der Waals surface area contributed by atoms with Crippen molar-refractivity contribution in [2.45, 2.75) is 30.5 Å². The molecule has 0 aromatic carbocycles. The summed E-state index contributed by atoms with van der Waals surface area (Å²) in [5.41, 5.74) is 13.8. The van der Waals surface area contributed by atoms with Gasteiger partial charge in [-0.15, -0.1) is 22.7 Å². The summed E-state index contributed by atoms with van der Waals surface area (Å²) in [5, 5.41) is 11.1. The fraction of sp³-hybridized carbons (Fsp3) is 0.273. The van der Waals surface area contributed by atoms with Crippen molar-refractivity contribution in [1.82, 2.24) is 15.0 Å². The first-order chi connectivity index (χ1) is 15.6. The van der Waals surface area contributed by atoms with Crippen LogP contribution in [0.3, 0.4) is 0 Å². The molecule has 0 spiro atoms. The highest BCUT2D eigenvalue weighted by molar-refractivity contribution is 7.99. The summed E-state index contributed by atoms with van der Waals surface area (Å²) in [7, 11) is 0. The Morgan fingerprint density at radius 2 is 1.97 bits per heavy atom. The molecule has 3 aromatic heterocycles. The topological polar surface area (TPSA) is 110 Å². The molecule has 2 unspecified atom stereocenters. The molecule has 2 atom stereocenters. The van der Waals surface area contributed by atoms with Crippen molar-refractivity contribution in [2.24, 2.45) is 11.0 Å². The predicted molar refractivity (Wildman–Crippen MR) is 133 cm³/mol. The molecule has 3 aromatic rings. The first-order valence-corrected chi connectivity index (χ1v) is 13.0. The van der Waals surface area contributed by atoms with E-state index in [4.69, 9.17) is 16.6 Å². The van der Waals surface area contributed by atoms with Gasteiger partial charge in [0.05, 0.1) is 17.5 Å². The van der Waals surface area contributed by atoms with Crippen molar-refractivity contribution < 1.29 is 4.79 Å². The van der Waals surface area contributed by atoms with Crippen LogP contribution in [0.4, 0.5) is 11.6 Å². The summed E-state index contributed by atoms with van der Waals surface area (Å²) >= 11 is 4.62. The molecule has 10 heteroatoms. The van der Waals surface area contributed by atoms with Gasteiger partial charge in [0.1, 0.15) is 11.6 Å². The van der Waals surface area contributed by atoms with E-state index in [1.807, 2.05) is 6.07 Å². The van der Waals surface area contributed by atoms with Gasteiger partial charge < -0.3 is 11.5 Å². The fourth-order valence-corrected chi connectivity index (χ4v) is 6.49. The third-order valence-corrected chi connectivity index (χ3v) is 8.12. The maximum atomic E-state index is 13.3. The minimum absolute atomic E-state index is 0.0723. The van der Waals surface area contributed by atoms with Gasteiger partial charge in [-0.05, 0) is 53.8 Å². The molecule has 1 saturated carbocycles. The summed E-state index contributed by atoms with van der Waals surface area (Å²) in [6.07, 6.45) is 5.33. The van der Waals surface area contributed by atoms with Crippen LogP contribution in [0.1, 0.15) is 35.1 Å². The Hall–Kier alpha value is -2.69. The van der Waals surface area contributed by atoms with E-state index in [2.05, 4.69) is 45.0 Å². The second-order valence-corrected chi connectivity index (χ2v) is 10.6. The molecule has 4 N–H and O–H groups in total. The monoisotopic (exact) mass is 482 g/mol. The smallest absolute Gasteiger partial charge is 0.253 e. The molecule has 1 amide bonds. The van der Waals surface area contributed by atoms with Crippen molar-refractivity contribution >= 4 is 63.8 Å². The van der Waals surface area contributed by atoms with Crippen LogP contribution in [0.2, 0.25) is 0 Å². The van der Waals surface area contributed by atoms with Crippen molar-refractivity contribution in [1.29, 1.82) is 0 Å². The van der Waals surface area contributed by atoms with Crippen LogP contribution in [0.15, 0.2) is 56.9 Å². The number of nitrogens with zero attached hydrogens (tertiary/aromatic N) is 4. The van der Waals surface area contributed by atoms with E-state index in [1.165, 1.54) is 28.3 Å². The number of hydrogen-bond acceptors (Lipinski definition) is 9. The molecule has 0 bridgehead atoms. The molecule has 0 saturated heterocycles. The second-order valence-electron chi connectivity index (χ2n) is 7.66. The van der Waals surface area contributed by atoms with Crippen LogP contribution in [-0.4, -0.2) is 32.3 Å². The lowest BCUT2D eigenvalue weighted by Gasteiger charge is -2.28. The number of amides is 1. The molecule has 1 fully saturated rings. The molecule has 0 radical (unpaired) electrons. The average molecular weight is 483 g/mol. The largest absolute Gasteiger partial charge is 0.383 e. The number of nitrogens with two attached hydrogens (primary N) is 2. The van der Waals surface area contributed by atoms with Gasteiger partial charge >= 0.3 is 0 Å². The zero-order valence-electron chi connectivity index (χ0n) is 17.2. The number of thioether (sulfide) groups is 1. The Bertz CT molecular complexity index is 1150. The Morgan fingerprint density at radius 1 is 1.19 bits per heavy atom. The van der Waals surface area contributed by atoms with Crippen LogP contribution >= 0.6 is 34.4 Å². The normalized spacial score (nSPS) is 21.6. The van der Waals surface area contributed by atoms with E-state index in [0.717, 1.165) is 29.9 Å². The summed E-state index contributed by atoms with van der Waals surface area (Å²) in [6.45, 7) is 0. The molecule has 32 heavy (non-hydrogen) atoms. The number of rotatable bonds is 5. The summed E-state index contributed by atoms with van der Waals surface area (Å²) in [4.78, 5) is 24.0. The number of hydrogen-bond donors (Lipinski definition) is 2. The molecular formula is C22H22N6OS3. The van der Waals surface area contributed by atoms with Crippen LogP contribution in [-0.2, 0) is 4.79 Å². The Morgan fingerprint density at radius 3 is 2.69 bits per heavy atom. The number of thiophene rings is 2. The number of hydrazone groups is 1. The molecule has 1 aliphatic carbocycles. The van der Waals surface area contributed by atoms with E-state index >= 15 is 0 Å². The summed E-state index contributed by atoms with van der Waals surface area (Å²) < 4.78 is 0. The van der Waals surface area contributed by atoms with E-state index in [1.54, 1.807) is 27.7 Å². The van der Waals surface area contributed by atoms with E-state index < -0.39 is 0 Å². The quantitative estimate of drug-likeness (QED) is 0.404. The van der Waals surface area contributed by atoms with Gasteiger partial charge in [0.25, 0.3) is 5.91 Å². The zero-order valence-corrected chi connectivity index (χ0v) is 19.6. The van der Waals surface area contributed by atoms with Crippen LogP contribution in [0.5, 0.6) is 0 Å². The molecule has 5 rings (SSSR count). The number of carbonyl (C=O) groups is 1. The SMILES string of the molecule is Nc1cc(N)nc(SCC(=O)N2N=C3/C(=C\c4cccs4)CCCC3C2c2cccs2)n1. The van der Waals surface area contributed by atoms with Crippen LogP contribution in [0, 0.1) is 5.92 Å². The lowest BCUT2D eigenvalue weighted by Crippen LogP contribution is -2.32. The number of fused-ring (bicyclic) bond motifs is 1. The maximum Gasteiger partial charge on any atom is 0.253 e. The van der Waals surface area contributed by atoms with Crippen molar-refractivity contribution in [2.75, 3.05) is 17.2 Å². The predicted octanol–water partition coefficient (Wildman–Crippen LogP) is 4.68. The number of allylic oxidation sites excluding steroid dienone is 1. The van der Waals surface area contributed by atoms with Gasteiger partial charge in [-0.2, -0.15) is 5.10 Å². The lowest BCUT2D eigenvalue weighted by atomic mass is 9.79. The first-order valence-electron chi connectivity index (χ1n) is 10.3. The molecule has 1 aliphatic heterocycles. The van der Waals surface area contributed by atoms with Crippen LogP contribution in [0.25, 0.3) is 6.08 Å². The van der Waals surface area contributed by atoms with Crippen molar-refractivity contribution in [3.8, 4) is 0 Å². The van der Waals surface area contributed by atoms with Gasteiger partial charge in [-0.1, -0.05) is 23.9 Å². The van der Waals surface area contributed by atoms with E-state index in [9.17, 15) is 4.79 Å². The number of anilines is 2. The maximum absolute atomic E-state index is 13.3. The highest BCUT2D eigenvalue weighted by atomic mass is 32.2. The Labute approximate surface area is 198 Å². The van der Waals surface area contributed by atoms with Crippen molar-refractivity contribution in [3.05, 3.63) is 56.4 Å². The van der Waals surface area contributed by atoms with E-state index in [-0.39, 0.29) is 23.6 Å². The standard InChI is InChI=1S/C22H22N6OS3/c23-17-11-18(24)26-22(25-17)32-12-19(29)28-21(16-7-3-9-31-16)15-6-1-4-13(20(15)27-28)10-14-5-2-8-30-14/h2-3,5,7-11,15,21H,1,4,6,12H2,(H4,23,24,25,26)/b13-10-. The lowest BCUT2D eigenvalue weighted by molar-refractivity contribution is -0.130. The van der Waals surface area contributed by atoms with Crippen LogP contribution < -0.4 is 11.5 Å². The molecular weight excluding hydrogens is 460 g/mol. The van der Waals surface area contributed by atoms with Crippen molar-refractivity contribution in [3.63, 3.8) is 0 Å². The minimum atomic E-state index is -0.0737. The first kappa shape index (κ1) is 21.2. The third kappa shape index (κ3) is 4.30. The number of nitrogen functional groups attached to an aromatic ring is 2.